The van der Waals surface area contributed by atoms with Crippen LogP contribution in [0.5, 0.6) is 11.5 Å². The van der Waals surface area contributed by atoms with Crippen molar-refractivity contribution in [3.05, 3.63) is 92.4 Å². The van der Waals surface area contributed by atoms with Crippen molar-refractivity contribution in [3.63, 3.8) is 0 Å². The molecule has 0 saturated carbocycles. The van der Waals surface area contributed by atoms with Gasteiger partial charge in [-0.2, -0.15) is 16.8 Å². The first-order chi connectivity index (χ1) is 18.2. The first-order valence-electron chi connectivity index (χ1n) is 11.5. The predicted molar refractivity (Wildman–Crippen MR) is 151 cm³/mol. The molecule has 0 spiro atoms. The van der Waals surface area contributed by atoms with E-state index in [0.29, 0.717) is 6.42 Å². The Kier molecular flexibility index (Phi) is 8.83. The minimum Gasteiger partial charge on any atom is -0.385 e. The van der Waals surface area contributed by atoms with E-state index in [1.54, 1.807) is 6.92 Å². The third-order valence-electron chi connectivity index (χ3n) is 6.18. The van der Waals surface area contributed by atoms with Gasteiger partial charge in [0.1, 0.15) is 21.3 Å². The first-order valence-corrected chi connectivity index (χ1v) is 15.9. The van der Waals surface area contributed by atoms with Gasteiger partial charge in [0.25, 0.3) is 0 Å². The monoisotopic (exact) mass is 650 g/mol. The maximum absolute atomic E-state index is 13.1. The number of hydrogen-bond donors (Lipinski definition) is 1. The van der Waals surface area contributed by atoms with Gasteiger partial charge in [-0.25, -0.2) is 0 Å². The third kappa shape index (κ3) is 6.85. The van der Waals surface area contributed by atoms with E-state index >= 15 is 0 Å². The highest BCUT2D eigenvalue weighted by Gasteiger charge is 2.35. The summed E-state index contributed by atoms with van der Waals surface area (Å²) in [5.74, 6) is -0.996. The molecular weight excluding hydrogens is 630 g/mol. The molecule has 0 saturated heterocycles. The van der Waals surface area contributed by atoms with Crippen molar-refractivity contribution in [3.8, 4) is 11.5 Å². The molecule has 3 aromatic carbocycles. The van der Waals surface area contributed by atoms with E-state index in [1.165, 1.54) is 36.4 Å². The largest absolute Gasteiger partial charge is 0.385 e. The Morgan fingerprint density at radius 1 is 0.795 bits per heavy atom. The lowest BCUT2D eigenvalue weighted by Gasteiger charge is -2.33. The molecule has 0 aliphatic heterocycles. The first kappa shape index (κ1) is 30.0. The fourth-order valence-electron chi connectivity index (χ4n) is 4.14. The Bertz CT molecular complexity index is 1550. The van der Waals surface area contributed by atoms with Gasteiger partial charge in [-0.1, -0.05) is 58.6 Å². The Morgan fingerprint density at radius 2 is 1.28 bits per heavy atom. The summed E-state index contributed by atoms with van der Waals surface area (Å²) in [6, 6.07) is 11.3. The summed E-state index contributed by atoms with van der Waals surface area (Å²) >= 11 is 24.1. The maximum atomic E-state index is 13.1. The van der Waals surface area contributed by atoms with Crippen molar-refractivity contribution in [2.24, 2.45) is 5.92 Å². The minimum atomic E-state index is -4.53. The lowest BCUT2D eigenvalue weighted by Crippen LogP contribution is -2.31. The summed E-state index contributed by atoms with van der Waals surface area (Å²) in [4.78, 5) is -0.797. The second-order valence-electron chi connectivity index (χ2n) is 9.03. The van der Waals surface area contributed by atoms with E-state index < -0.39 is 35.6 Å². The van der Waals surface area contributed by atoms with Gasteiger partial charge < -0.3 is 13.5 Å². The average Bonchev–Trinajstić information content (AvgIpc) is 2.86. The highest BCUT2D eigenvalue weighted by atomic mass is 35.5. The number of allylic oxidation sites excluding steroid dienone is 1. The maximum Gasteiger partial charge on any atom is 0.340 e. The van der Waals surface area contributed by atoms with E-state index in [-0.39, 0.29) is 43.1 Å². The van der Waals surface area contributed by atoms with Crippen LogP contribution in [0.4, 0.5) is 0 Å². The quantitative estimate of drug-likeness (QED) is 0.200. The van der Waals surface area contributed by atoms with Gasteiger partial charge in [0, 0.05) is 22.0 Å². The van der Waals surface area contributed by atoms with Crippen molar-refractivity contribution < 1.29 is 30.3 Å². The van der Waals surface area contributed by atoms with Gasteiger partial charge in [0.2, 0.25) is 0 Å². The average molecular weight is 652 g/mol. The summed E-state index contributed by atoms with van der Waals surface area (Å²) in [5.41, 5.74) is -1.38. The van der Waals surface area contributed by atoms with E-state index in [9.17, 15) is 21.9 Å². The molecule has 1 N–H and O–H groups in total. The van der Waals surface area contributed by atoms with Crippen LogP contribution < -0.4 is 8.37 Å². The second kappa shape index (κ2) is 11.5. The summed E-state index contributed by atoms with van der Waals surface area (Å²) in [6.07, 6.45) is 6.15. The van der Waals surface area contributed by atoms with Crippen LogP contribution >= 0.6 is 46.4 Å². The van der Waals surface area contributed by atoms with Gasteiger partial charge in [-0.15, -0.1) is 0 Å². The standard InChI is InChI=1S/C26H22Cl4O7S2/c1-26(31,16-5-3-2-4-6-16)17-11-20(36-38(32,33)24-13-18(27)7-9-22(24)29)15-21(12-17)37-39(34,35)25-14-19(28)8-10-23(25)30/h3,5,7-16,31H,2,4,6H2,1H3/t16-,26-/m0/s1. The summed E-state index contributed by atoms with van der Waals surface area (Å²) in [7, 11) is -9.07. The normalized spacial score (nSPS) is 17.4. The molecule has 7 nitrogen and oxygen atoms in total. The van der Waals surface area contributed by atoms with Crippen molar-refractivity contribution in [2.45, 2.75) is 41.6 Å². The van der Waals surface area contributed by atoms with Gasteiger partial charge in [-0.3, -0.25) is 0 Å². The van der Waals surface area contributed by atoms with E-state index in [1.807, 2.05) is 12.2 Å². The lowest BCUT2D eigenvalue weighted by molar-refractivity contribution is 0.00776. The predicted octanol–water partition coefficient (Wildman–Crippen LogP) is 7.40. The molecule has 0 fully saturated rings. The van der Waals surface area contributed by atoms with Crippen LogP contribution in [0.1, 0.15) is 31.7 Å². The fourth-order valence-corrected chi connectivity index (χ4v) is 7.45. The smallest absolute Gasteiger partial charge is 0.340 e. The molecule has 0 bridgehead atoms. The van der Waals surface area contributed by atoms with Crippen molar-refractivity contribution in [1.82, 2.24) is 0 Å². The Morgan fingerprint density at radius 3 is 1.72 bits per heavy atom. The summed E-state index contributed by atoms with van der Waals surface area (Å²) in [5, 5.41) is 11.5. The molecule has 4 rings (SSSR count). The van der Waals surface area contributed by atoms with Crippen LogP contribution in [0.3, 0.4) is 0 Å². The highest BCUT2D eigenvalue weighted by molar-refractivity contribution is 7.87. The van der Waals surface area contributed by atoms with E-state index in [2.05, 4.69) is 0 Å². The zero-order valence-corrected chi connectivity index (χ0v) is 24.9. The third-order valence-corrected chi connectivity index (χ3v) is 10.1. The molecule has 1 aliphatic rings. The van der Waals surface area contributed by atoms with Crippen LogP contribution in [0.2, 0.25) is 20.1 Å². The Labute approximate surface area is 247 Å². The van der Waals surface area contributed by atoms with E-state index in [0.717, 1.165) is 31.0 Å². The molecule has 2 atom stereocenters. The number of benzene rings is 3. The van der Waals surface area contributed by atoms with Crippen LogP contribution in [0.15, 0.2) is 76.5 Å². The molecule has 0 aromatic heterocycles. The Balaban J connectivity index is 1.81. The van der Waals surface area contributed by atoms with Crippen LogP contribution in [0.25, 0.3) is 0 Å². The molecule has 1 aliphatic carbocycles. The van der Waals surface area contributed by atoms with Crippen molar-refractivity contribution >= 4 is 66.6 Å². The second-order valence-corrected chi connectivity index (χ2v) is 13.7. The summed E-state index contributed by atoms with van der Waals surface area (Å²) in [6.45, 7) is 1.54. The molecule has 0 unspecified atom stereocenters. The molecule has 0 radical (unpaired) electrons. The van der Waals surface area contributed by atoms with Crippen molar-refractivity contribution in [2.75, 3.05) is 0 Å². The number of aliphatic hydroxyl groups is 1. The summed E-state index contributed by atoms with van der Waals surface area (Å²) < 4.78 is 63.1. The molecule has 3 aromatic rings. The number of rotatable bonds is 8. The lowest BCUT2D eigenvalue weighted by atomic mass is 9.77. The van der Waals surface area contributed by atoms with Gasteiger partial charge >= 0.3 is 20.2 Å². The fraction of sp³-hybridized carbons (Fsp3) is 0.231. The molecule has 0 heterocycles. The number of halogens is 4. The number of hydrogen-bond acceptors (Lipinski definition) is 7. The minimum absolute atomic E-state index is 0.107. The Hall–Kier alpha value is -1.98. The van der Waals surface area contributed by atoms with Gasteiger partial charge in [-0.05, 0) is 80.3 Å². The zero-order chi connectivity index (χ0) is 28.6. The van der Waals surface area contributed by atoms with Crippen molar-refractivity contribution in [1.29, 1.82) is 0 Å². The molecule has 208 valence electrons. The van der Waals surface area contributed by atoms with Crippen LogP contribution in [0, 0.1) is 5.92 Å². The highest BCUT2D eigenvalue weighted by Crippen LogP contribution is 2.40. The molecular formula is C26H22Cl4O7S2. The van der Waals surface area contributed by atoms with Gasteiger partial charge in [0.05, 0.1) is 15.6 Å². The van der Waals surface area contributed by atoms with E-state index in [4.69, 9.17) is 54.8 Å². The molecule has 39 heavy (non-hydrogen) atoms. The van der Waals surface area contributed by atoms with Crippen LogP contribution in [-0.4, -0.2) is 21.9 Å². The SMILES string of the molecule is C[C@@](O)(c1cc(OS(=O)(=O)c2cc(Cl)ccc2Cl)cc(OS(=O)(=O)c2cc(Cl)ccc2Cl)c1)[C@H]1C=CCCC1. The molecule has 13 heteroatoms. The van der Waals surface area contributed by atoms with Gasteiger partial charge in [0.15, 0.2) is 0 Å². The topological polar surface area (TPSA) is 107 Å². The van der Waals surface area contributed by atoms with Crippen LogP contribution in [-0.2, 0) is 25.8 Å². The zero-order valence-electron chi connectivity index (χ0n) is 20.3. The molecule has 0 amide bonds.